The maximum absolute atomic E-state index is 9.21. The van der Waals surface area contributed by atoms with E-state index < -0.39 is 0 Å². The zero-order valence-electron chi connectivity index (χ0n) is 9.40. The van der Waals surface area contributed by atoms with Gasteiger partial charge in [0.15, 0.2) is 0 Å². The summed E-state index contributed by atoms with van der Waals surface area (Å²) in [6, 6.07) is 13.7. The standard InChI is InChI=1S/C14H14OS/c1-10-3-4-11(2)14(9-10)16-13-7-5-12(15)6-8-13/h3-9,15H,1-2H3. The summed E-state index contributed by atoms with van der Waals surface area (Å²) in [5.41, 5.74) is 2.55. The van der Waals surface area contributed by atoms with Crippen LogP contribution in [0.5, 0.6) is 5.75 Å². The summed E-state index contributed by atoms with van der Waals surface area (Å²) in [7, 11) is 0. The van der Waals surface area contributed by atoms with Crippen LogP contribution in [0.3, 0.4) is 0 Å². The third-order valence-electron chi connectivity index (χ3n) is 2.41. The lowest BCUT2D eigenvalue weighted by molar-refractivity contribution is 0.475. The minimum atomic E-state index is 0.310. The van der Waals surface area contributed by atoms with Crippen molar-refractivity contribution in [3.8, 4) is 5.75 Å². The second-order valence-corrected chi connectivity index (χ2v) is 4.98. The van der Waals surface area contributed by atoms with E-state index in [1.54, 1.807) is 23.9 Å². The molecule has 0 saturated heterocycles. The van der Waals surface area contributed by atoms with E-state index in [2.05, 4.69) is 32.0 Å². The Bertz CT molecular complexity index is 489. The fraction of sp³-hybridized carbons (Fsp3) is 0.143. The third-order valence-corrected chi connectivity index (χ3v) is 3.58. The predicted molar refractivity (Wildman–Crippen MR) is 68.1 cm³/mol. The Balaban J connectivity index is 2.26. The van der Waals surface area contributed by atoms with Gasteiger partial charge in [-0.2, -0.15) is 0 Å². The van der Waals surface area contributed by atoms with Crippen molar-refractivity contribution in [2.45, 2.75) is 23.6 Å². The molecule has 1 nitrogen and oxygen atoms in total. The first kappa shape index (κ1) is 11.1. The SMILES string of the molecule is Cc1ccc(C)c(Sc2ccc(O)cc2)c1. The van der Waals surface area contributed by atoms with E-state index in [4.69, 9.17) is 0 Å². The molecule has 0 fully saturated rings. The first-order valence-corrected chi connectivity index (χ1v) is 6.01. The van der Waals surface area contributed by atoms with Crippen molar-refractivity contribution in [3.05, 3.63) is 53.6 Å². The van der Waals surface area contributed by atoms with Crippen LogP contribution in [-0.2, 0) is 0 Å². The van der Waals surface area contributed by atoms with Gasteiger partial charge < -0.3 is 5.11 Å². The maximum atomic E-state index is 9.21. The highest BCUT2D eigenvalue weighted by Gasteiger charge is 2.01. The van der Waals surface area contributed by atoms with Crippen molar-refractivity contribution in [1.29, 1.82) is 0 Å². The van der Waals surface area contributed by atoms with Gasteiger partial charge in [-0.15, -0.1) is 0 Å². The van der Waals surface area contributed by atoms with Gasteiger partial charge in [-0.05, 0) is 55.3 Å². The quantitative estimate of drug-likeness (QED) is 0.836. The highest BCUT2D eigenvalue weighted by Crippen LogP contribution is 2.31. The topological polar surface area (TPSA) is 20.2 Å². The Hall–Kier alpha value is -1.41. The van der Waals surface area contributed by atoms with Gasteiger partial charge in [-0.1, -0.05) is 23.9 Å². The zero-order valence-corrected chi connectivity index (χ0v) is 10.2. The van der Waals surface area contributed by atoms with E-state index >= 15 is 0 Å². The first-order valence-electron chi connectivity index (χ1n) is 5.19. The van der Waals surface area contributed by atoms with Crippen molar-refractivity contribution in [2.24, 2.45) is 0 Å². The van der Waals surface area contributed by atoms with E-state index in [0.717, 1.165) is 4.90 Å². The molecule has 82 valence electrons. The van der Waals surface area contributed by atoms with Crippen molar-refractivity contribution < 1.29 is 5.11 Å². The van der Waals surface area contributed by atoms with Gasteiger partial charge in [0.05, 0.1) is 0 Å². The van der Waals surface area contributed by atoms with Gasteiger partial charge in [-0.3, -0.25) is 0 Å². The molecule has 0 heterocycles. The number of phenols is 1. The van der Waals surface area contributed by atoms with Gasteiger partial charge in [-0.25, -0.2) is 0 Å². The molecule has 0 aliphatic carbocycles. The molecule has 0 aromatic heterocycles. The van der Waals surface area contributed by atoms with Crippen molar-refractivity contribution in [1.82, 2.24) is 0 Å². The van der Waals surface area contributed by atoms with Crippen molar-refractivity contribution in [2.75, 3.05) is 0 Å². The molecule has 0 spiro atoms. The molecule has 2 heteroatoms. The zero-order chi connectivity index (χ0) is 11.5. The summed E-state index contributed by atoms with van der Waals surface area (Å²) in [6.07, 6.45) is 0. The average molecular weight is 230 g/mol. The summed E-state index contributed by atoms with van der Waals surface area (Å²) < 4.78 is 0. The lowest BCUT2D eigenvalue weighted by atomic mass is 10.2. The molecule has 16 heavy (non-hydrogen) atoms. The lowest BCUT2D eigenvalue weighted by Crippen LogP contribution is -1.81. The Labute approximate surface area is 100 Å². The molecule has 0 aliphatic rings. The fourth-order valence-electron chi connectivity index (χ4n) is 1.46. The van der Waals surface area contributed by atoms with Crippen LogP contribution in [0.1, 0.15) is 11.1 Å². The van der Waals surface area contributed by atoms with Crippen molar-refractivity contribution in [3.63, 3.8) is 0 Å². The molecular weight excluding hydrogens is 216 g/mol. The van der Waals surface area contributed by atoms with Crippen LogP contribution in [0.25, 0.3) is 0 Å². The number of hydrogen-bond donors (Lipinski definition) is 1. The van der Waals surface area contributed by atoms with Crippen LogP contribution in [0, 0.1) is 13.8 Å². The Morgan fingerprint density at radius 3 is 2.31 bits per heavy atom. The molecule has 0 bridgehead atoms. The number of rotatable bonds is 2. The van der Waals surface area contributed by atoms with Gasteiger partial charge in [0.2, 0.25) is 0 Å². The molecule has 0 aliphatic heterocycles. The smallest absolute Gasteiger partial charge is 0.115 e. The summed E-state index contributed by atoms with van der Waals surface area (Å²) in [5, 5.41) is 9.21. The number of aromatic hydroxyl groups is 1. The monoisotopic (exact) mass is 230 g/mol. The van der Waals surface area contributed by atoms with E-state index in [0.29, 0.717) is 5.75 Å². The summed E-state index contributed by atoms with van der Waals surface area (Å²) in [6.45, 7) is 4.21. The molecule has 0 saturated carbocycles. The maximum Gasteiger partial charge on any atom is 0.115 e. The van der Waals surface area contributed by atoms with Crippen LogP contribution < -0.4 is 0 Å². The molecule has 0 unspecified atom stereocenters. The minimum absolute atomic E-state index is 0.310. The Kier molecular flexibility index (Phi) is 3.20. The normalized spacial score (nSPS) is 10.4. The summed E-state index contributed by atoms with van der Waals surface area (Å²) in [4.78, 5) is 2.41. The second-order valence-electron chi connectivity index (χ2n) is 3.86. The molecule has 0 amide bonds. The van der Waals surface area contributed by atoms with Gasteiger partial charge in [0.25, 0.3) is 0 Å². The highest BCUT2D eigenvalue weighted by atomic mass is 32.2. The third kappa shape index (κ3) is 2.58. The highest BCUT2D eigenvalue weighted by molar-refractivity contribution is 7.99. The van der Waals surface area contributed by atoms with E-state index in [1.165, 1.54) is 16.0 Å². The minimum Gasteiger partial charge on any atom is -0.508 e. The van der Waals surface area contributed by atoms with Crippen LogP contribution in [0.4, 0.5) is 0 Å². The lowest BCUT2D eigenvalue weighted by Gasteiger charge is -2.06. The number of phenolic OH excluding ortho intramolecular Hbond substituents is 1. The predicted octanol–water partition coefficient (Wildman–Crippen LogP) is 4.16. The summed E-state index contributed by atoms with van der Waals surface area (Å²) >= 11 is 1.73. The number of benzene rings is 2. The fourth-order valence-corrected chi connectivity index (χ4v) is 2.46. The number of aryl methyl sites for hydroxylation is 2. The molecule has 2 aromatic rings. The van der Waals surface area contributed by atoms with Crippen LogP contribution in [-0.4, -0.2) is 5.11 Å². The van der Waals surface area contributed by atoms with Crippen LogP contribution >= 0.6 is 11.8 Å². The van der Waals surface area contributed by atoms with Crippen LogP contribution in [0.15, 0.2) is 52.3 Å². The molecule has 0 atom stereocenters. The molecule has 1 N–H and O–H groups in total. The Morgan fingerprint density at radius 2 is 1.62 bits per heavy atom. The van der Waals surface area contributed by atoms with Gasteiger partial charge in [0, 0.05) is 9.79 Å². The van der Waals surface area contributed by atoms with E-state index in [1.807, 2.05) is 12.1 Å². The average Bonchev–Trinajstić information content (AvgIpc) is 2.27. The summed E-state index contributed by atoms with van der Waals surface area (Å²) in [5.74, 6) is 0.310. The van der Waals surface area contributed by atoms with E-state index in [-0.39, 0.29) is 0 Å². The molecule has 2 rings (SSSR count). The van der Waals surface area contributed by atoms with Gasteiger partial charge >= 0.3 is 0 Å². The second kappa shape index (κ2) is 4.62. The number of hydrogen-bond acceptors (Lipinski definition) is 2. The van der Waals surface area contributed by atoms with Crippen LogP contribution in [0.2, 0.25) is 0 Å². The van der Waals surface area contributed by atoms with Crippen molar-refractivity contribution >= 4 is 11.8 Å². The molecule has 2 aromatic carbocycles. The first-order chi connectivity index (χ1) is 7.65. The van der Waals surface area contributed by atoms with E-state index in [9.17, 15) is 5.11 Å². The molecule has 0 radical (unpaired) electrons. The largest absolute Gasteiger partial charge is 0.508 e. The Morgan fingerprint density at radius 1 is 0.938 bits per heavy atom. The molecular formula is C14H14OS. The van der Waals surface area contributed by atoms with Gasteiger partial charge in [0.1, 0.15) is 5.75 Å².